The van der Waals surface area contributed by atoms with Crippen LogP contribution in [0.15, 0.2) is 48.7 Å². The fraction of sp³-hybridized carbons (Fsp3) is 0.176. The van der Waals surface area contributed by atoms with Crippen molar-refractivity contribution in [3.8, 4) is 11.5 Å². The third-order valence-electron chi connectivity index (χ3n) is 3.35. The first-order valence-electron chi connectivity index (χ1n) is 6.60. The minimum Gasteiger partial charge on any atom is -0.493 e. The second-order valence-corrected chi connectivity index (χ2v) is 4.84. The molecule has 20 heavy (non-hydrogen) atoms. The number of hydrogen-bond donors (Lipinski definition) is 1. The van der Waals surface area contributed by atoms with Crippen LogP contribution >= 0.6 is 0 Å². The maximum Gasteiger partial charge on any atom is 0.162 e. The predicted octanol–water partition coefficient (Wildman–Crippen LogP) is 4.06. The van der Waals surface area contributed by atoms with Crippen LogP contribution in [-0.2, 0) is 6.61 Å². The van der Waals surface area contributed by atoms with E-state index >= 15 is 0 Å². The highest BCUT2D eigenvalue weighted by Gasteiger charge is 2.07. The van der Waals surface area contributed by atoms with E-state index in [0.717, 1.165) is 28.0 Å². The highest BCUT2D eigenvalue weighted by atomic mass is 16.5. The van der Waals surface area contributed by atoms with Gasteiger partial charge in [-0.2, -0.15) is 0 Å². The highest BCUT2D eigenvalue weighted by molar-refractivity contribution is 5.83. The zero-order chi connectivity index (χ0) is 13.9. The van der Waals surface area contributed by atoms with E-state index in [9.17, 15) is 0 Å². The molecule has 0 aliphatic rings. The highest BCUT2D eigenvalue weighted by Crippen LogP contribution is 2.32. The molecule has 0 aliphatic carbocycles. The van der Waals surface area contributed by atoms with Gasteiger partial charge in [0, 0.05) is 23.2 Å². The van der Waals surface area contributed by atoms with Crippen molar-refractivity contribution < 1.29 is 9.47 Å². The van der Waals surface area contributed by atoms with Crippen molar-refractivity contribution in [2.24, 2.45) is 0 Å². The van der Waals surface area contributed by atoms with Crippen molar-refractivity contribution in [1.29, 1.82) is 0 Å². The summed E-state index contributed by atoms with van der Waals surface area (Å²) in [7, 11) is 1.66. The summed E-state index contributed by atoms with van der Waals surface area (Å²) >= 11 is 0. The summed E-state index contributed by atoms with van der Waals surface area (Å²) in [5, 5.41) is 1.12. The zero-order valence-corrected chi connectivity index (χ0v) is 11.6. The molecule has 1 aromatic heterocycles. The number of aromatic amines is 1. The first-order valence-corrected chi connectivity index (χ1v) is 6.60. The number of fused-ring (bicyclic) bond motifs is 1. The molecule has 0 spiro atoms. The second-order valence-electron chi connectivity index (χ2n) is 4.84. The lowest BCUT2D eigenvalue weighted by Crippen LogP contribution is -1.97. The Labute approximate surface area is 118 Å². The minimum atomic E-state index is 0.534. The number of aromatic nitrogens is 1. The van der Waals surface area contributed by atoms with Crippen molar-refractivity contribution >= 4 is 10.9 Å². The van der Waals surface area contributed by atoms with Crippen LogP contribution in [0.4, 0.5) is 0 Å². The van der Waals surface area contributed by atoms with Gasteiger partial charge in [0.15, 0.2) is 11.5 Å². The Kier molecular flexibility index (Phi) is 3.33. The molecule has 3 rings (SSSR count). The largest absolute Gasteiger partial charge is 0.493 e. The zero-order valence-electron chi connectivity index (χ0n) is 11.6. The van der Waals surface area contributed by atoms with Gasteiger partial charge in [0.25, 0.3) is 0 Å². The number of benzene rings is 2. The molecule has 0 atom stereocenters. The Hall–Kier alpha value is -2.42. The standard InChI is InChI=1S/C17H17NO2/c1-12-3-5-13(6-4-12)11-20-17-9-14-7-8-18-15(14)10-16(17)19-2/h3-10,18H,11H2,1-2H3. The van der Waals surface area contributed by atoms with Crippen molar-refractivity contribution in [3.63, 3.8) is 0 Å². The van der Waals surface area contributed by atoms with Crippen LogP contribution in [0.1, 0.15) is 11.1 Å². The Balaban J connectivity index is 1.83. The van der Waals surface area contributed by atoms with Gasteiger partial charge in [-0.25, -0.2) is 0 Å². The van der Waals surface area contributed by atoms with Crippen molar-refractivity contribution in [1.82, 2.24) is 4.98 Å². The van der Waals surface area contributed by atoms with Crippen LogP contribution < -0.4 is 9.47 Å². The predicted molar refractivity (Wildman–Crippen MR) is 80.4 cm³/mol. The van der Waals surface area contributed by atoms with Crippen molar-refractivity contribution in [3.05, 3.63) is 59.8 Å². The summed E-state index contributed by atoms with van der Waals surface area (Å²) in [6.07, 6.45) is 1.91. The van der Waals surface area contributed by atoms with E-state index in [1.807, 2.05) is 24.4 Å². The third-order valence-corrected chi connectivity index (χ3v) is 3.35. The topological polar surface area (TPSA) is 34.2 Å². The molecule has 3 heteroatoms. The summed E-state index contributed by atoms with van der Waals surface area (Å²) < 4.78 is 11.3. The van der Waals surface area contributed by atoms with E-state index in [4.69, 9.17) is 9.47 Å². The molecule has 102 valence electrons. The average Bonchev–Trinajstić information content (AvgIpc) is 2.92. The number of rotatable bonds is 4. The molecule has 3 aromatic rings. The van der Waals surface area contributed by atoms with Crippen LogP contribution in [-0.4, -0.2) is 12.1 Å². The number of hydrogen-bond acceptors (Lipinski definition) is 2. The molecule has 0 bridgehead atoms. The number of H-pyrrole nitrogens is 1. The number of ether oxygens (including phenoxy) is 2. The fourth-order valence-corrected chi connectivity index (χ4v) is 2.18. The lowest BCUT2D eigenvalue weighted by molar-refractivity contribution is 0.285. The molecular weight excluding hydrogens is 250 g/mol. The Morgan fingerprint density at radius 1 is 1.00 bits per heavy atom. The molecule has 1 heterocycles. The van der Waals surface area contributed by atoms with Crippen LogP contribution in [0.3, 0.4) is 0 Å². The van der Waals surface area contributed by atoms with E-state index in [1.54, 1.807) is 7.11 Å². The third kappa shape index (κ3) is 2.48. The first-order chi connectivity index (χ1) is 9.76. The monoisotopic (exact) mass is 267 g/mol. The molecule has 3 nitrogen and oxygen atoms in total. The van der Waals surface area contributed by atoms with Crippen LogP contribution in [0, 0.1) is 6.92 Å². The van der Waals surface area contributed by atoms with Crippen LogP contribution in [0.2, 0.25) is 0 Å². The Bertz CT molecular complexity index is 713. The normalized spacial score (nSPS) is 10.7. The van der Waals surface area contributed by atoms with Gasteiger partial charge in [-0.3, -0.25) is 0 Å². The Morgan fingerprint density at radius 2 is 1.80 bits per heavy atom. The molecule has 0 saturated heterocycles. The summed E-state index contributed by atoms with van der Waals surface area (Å²) in [5.41, 5.74) is 3.44. The number of nitrogens with one attached hydrogen (secondary N) is 1. The fourth-order valence-electron chi connectivity index (χ4n) is 2.18. The van der Waals surface area contributed by atoms with E-state index in [2.05, 4.69) is 36.2 Å². The summed E-state index contributed by atoms with van der Waals surface area (Å²) in [6.45, 7) is 2.61. The van der Waals surface area contributed by atoms with E-state index < -0.39 is 0 Å². The molecule has 0 unspecified atom stereocenters. The number of methoxy groups -OCH3 is 1. The minimum absolute atomic E-state index is 0.534. The average molecular weight is 267 g/mol. The smallest absolute Gasteiger partial charge is 0.162 e. The molecule has 2 aromatic carbocycles. The lowest BCUT2D eigenvalue weighted by Gasteiger charge is -2.11. The first kappa shape index (κ1) is 12.6. The maximum atomic E-state index is 5.89. The summed E-state index contributed by atoms with van der Waals surface area (Å²) in [6, 6.07) is 14.3. The molecule has 0 amide bonds. The van der Waals surface area contributed by atoms with Crippen LogP contribution in [0.25, 0.3) is 10.9 Å². The van der Waals surface area contributed by atoms with Gasteiger partial charge >= 0.3 is 0 Å². The van der Waals surface area contributed by atoms with Gasteiger partial charge in [-0.15, -0.1) is 0 Å². The second kappa shape index (κ2) is 5.29. The summed E-state index contributed by atoms with van der Waals surface area (Å²) in [4.78, 5) is 3.17. The van der Waals surface area contributed by atoms with E-state index in [-0.39, 0.29) is 0 Å². The van der Waals surface area contributed by atoms with Gasteiger partial charge in [-0.1, -0.05) is 29.8 Å². The van der Waals surface area contributed by atoms with Gasteiger partial charge < -0.3 is 14.5 Å². The molecule has 0 saturated carbocycles. The van der Waals surface area contributed by atoms with Gasteiger partial charge in [-0.05, 0) is 24.6 Å². The van der Waals surface area contributed by atoms with Gasteiger partial charge in [0.1, 0.15) is 6.61 Å². The SMILES string of the molecule is COc1cc2[nH]ccc2cc1OCc1ccc(C)cc1. The van der Waals surface area contributed by atoms with E-state index in [0.29, 0.717) is 6.61 Å². The molecule has 0 aliphatic heterocycles. The van der Waals surface area contributed by atoms with Crippen molar-refractivity contribution in [2.45, 2.75) is 13.5 Å². The lowest BCUT2D eigenvalue weighted by atomic mass is 10.2. The Morgan fingerprint density at radius 3 is 2.55 bits per heavy atom. The number of aryl methyl sites for hydroxylation is 1. The van der Waals surface area contributed by atoms with Gasteiger partial charge in [0.05, 0.1) is 7.11 Å². The van der Waals surface area contributed by atoms with Gasteiger partial charge in [0.2, 0.25) is 0 Å². The van der Waals surface area contributed by atoms with Crippen LogP contribution in [0.5, 0.6) is 11.5 Å². The van der Waals surface area contributed by atoms with Crippen molar-refractivity contribution in [2.75, 3.05) is 7.11 Å². The van der Waals surface area contributed by atoms with E-state index in [1.165, 1.54) is 5.56 Å². The molecule has 0 radical (unpaired) electrons. The molecule has 0 fully saturated rings. The molecule has 1 N–H and O–H groups in total. The maximum absolute atomic E-state index is 5.89. The summed E-state index contributed by atoms with van der Waals surface area (Å²) in [5.74, 6) is 1.51. The quantitative estimate of drug-likeness (QED) is 0.773. The molecular formula is C17H17NO2.